The number of imide groups is 1. The van der Waals surface area contributed by atoms with Gasteiger partial charge in [0.2, 0.25) is 0 Å². The van der Waals surface area contributed by atoms with Crippen molar-refractivity contribution in [2.45, 2.75) is 0 Å². The van der Waals surface area contributed by atoms with E-state index in [0.717, 1.165) is 9.37 Å². The van der Waals surface area contributed by atoms with E-state index in [-0.39, 0.29) is 11.8 Å². The molecule has 0 unspecified atom stereocenters. The molecular weight excluding hydrogens is 308 g/mol. The molecule has 0 fully saturated rings. The van der Waals surface area contributed by atoms with Crippen LogP contribution in [0.1, 0.15) is 20.7 Å². The Morgan fingerprint density at radius 2 is 1.53 bits per heavy atom. The van der Waals surface area contributed by atoms with Gasteiger partial charge in [0.25, 0.3) is 11.8 Å². The van der Waals surface area contributed by atoms with E-state index in [2.05, 4.69) is 15.9 Å². The number of anilines is 2. The summed E-state index contributed by atoms with van der Waals surface area (Å²) in [5, 5.41) is 0. The summed E-state index contributed by atoms with van der Waals surface area (Å²) in [6, 6.07) is 11.7. The number of hydrogen-bond donors (Lipinski definition) is 1. The van der Waals surface area contributed by atoms with Crippen molar-refractivity contribution in [2.24, 2.45) is 0 Å². The molecule has 5 heteroatoms. The lowest BCUT2D eigenvalue weighted by molar-refractivity contribution is 0.0926. The number of nitrogens with zero attached hydrogens (tertiary/aromatic N) is 1. The summed E-state index contributed by atoms with van der Waals surface area (Å²) in [4.78, 5) is 25.7. The maximum Gasteiger partial charge on any atom is 0.266 e. The third-order valence-electron chi connectivity index (χ3n) is 3.00. The number of carbonyl (C=O) groups excluding carboxylic acids is 2. The molecule has 1 aliphatic heterocycles. The van der Waals surface area contributed by atoms with E-state index in [1.165, 1.54) is 0 Å². The Balaban J connectivity index is 2.10. The molecule has 94 valence electrons. The molecule has 2 amide bonds. The van der Waals surface area contributed by atoms with Gasteiger partial charge in [-0.25, -0.2) is 4.90 Å². The smallest absolute Gasteiger partial charge is 0.266 e. The summed E-state index contributed by atoms with van der Waals surface area (Å²) >= 11 is 3.30. The molecule has 0 aromatic heterocycles. The van der Waals surface area contributed by atoms with Crippen molar-refractivity contribution >= 4 is 39.1 Å². The number of rotatable bonds is 1. The Morgan fingerprint density at radius 1 is 0.895 bits per heavy atom. The number of halogens is 1. The van der Waals surface area contributed by atoms with Gasteiger partial charge < -0.3 is 5.73 Å². The first-order valence-electron chi connectivity index (χ1n) is 5.62. The van der Waals surface area contributed by atoms with Crippen molar-refractivity contribution < 1.29 is 9.59 Å². The normalized spacial score (nSPS) is 13.8. The van der Waals surface area contributed by atoms with Crippen LogP contribution in [0.4, 0.5) is 11.4 Å². The predicted octanol–water partition coefficient (Wildman–Crippen LogP) is 2.83. The van der Waals surface area contributed by atoms with Crippen molar-refractivity contribution in [1.29, 1.82) is 0 Å². The van der Waals surface area contributed by atoms with Crippen LogP contribution in [0.2, 0.25) is 0 Å². The van der Waals surface area contributed by atoms with Gasteiger partial charge in [-0.3, -0.25) is 9.59 Å². The molecule has 0 bridgehead atoms. The van der Waals surface area contributed by atoms with Crippen molar-refractivity contribution in [3.8, 4) is 0 Å². The zero-order chi connectivity index (χ0) is 13.6. The molecule has 2 aromatic rings. The largest absolute Gasteiger partial charge is 0.399 e. The van der Waals surface area contributed by atoms with Gasteiger partial charge in [-0.1, -0.05) is 15.9 Å². The zero-order valence-electron chi connectivity index (χ0n) is 9.76. The third kappa shape index (κ3) is 1.82. The van der Waals surface area contributed by atoms with Crippen molar-refractivity contribution in [1.82, 2.24) is 0 Å². The highest BCUT2D eigenvalue weighted by Gasteiger charge is 2.36. The van der Waals surface area contributed by atoms with Crippen LogP contribution in [-0.2, 0) is 0 Å². The minimum atomic E-state index is -0.314. The second-order valence-electron chi connectivity index (χ2n) is 4.23. The molecule has 4 nitrogen and oxygen atoms in total. The molecule has 19 heavy (non-hydrogen) atoms. The fourth-order valence-corrected chi connectivity index (χ4v) is 2.43. The number of hydrogen-bond acceptors (Lipinski definition) is 3. The summed E-state index contributed by atoms with van der Waals surface area (Å²) in [6.07, 6.45) is 0. The maximum absolute atomic E-state index is 12.3. The van der Waals surface area contributed by atoms with E-state index >= 15 is 0 Å². The van der Waals surface area contributed by atoms with Crippen LogP contribution in [0.25, 0.3) is 0 Å². The third-order valence-corrected chi connectivity index (χ3v) is 3.49. The Hall–Kier alpha value is -2.14. The Labute approximate surface area is 118 Å². The van der Waals surface area contributed by atoms with Gasteiger partial charge >= 0.3 is 0 Å². The Morgan fingerprint density at radius 3 is 2.21 bits per heavy atom. The van der Waals surface area contributed by atoms with E-state index in [1.54, 1.807) is 42.5 Å². The average Bonchev–Trinajstić information content (AvgIpc) is 2.63. The summed E-state index contributed by atoms with van der Waals surface area (Å²) in [7, 11) is 0. The molecular formula is C14H9BrN2O2. The first-order chi connectivity index (χ1) is 9.08. The monoisotopic (exact) mass is 316 g/mol. The summed E-state index contributed by atoms with van der Waals surface area (Å²) in [5.41, 5.74) is 7.55. The van der Waals surface area contributed by atoms with Gasteiger partial charge in [0.15, 0.2) is 0 Å². The number of fused-ring (bicyclic) bond motifs is 1. The number of carbonyl (C=O) groups is 2. The molecule has 0 saturated heterocycles. The van der Waals surface area contributed by atoms with Gasteiger partial charge in [-0.05, 0) is 42.5 Å². The maximum atomic E-state index is 12.3. The number of benzene rings is 2. The van der Waals surface area contributed by atoms with Crippen LogP contribution in [0, 0.1) is 0 Å². The SMILES string of the molecule is Nc1ccc(N2C(=O)c3ccc(Br)cc3C2=O)cc1. The molecule has 0 spiro atoms. The minimum absolute atomic E-state index is 0.308. The zero-order valence-corrected chi connectivity index (χ0v) is 11.3. The Kier molecular flexibility index (Phi) is 2.64. The molecule has 3 rings (SSSR count). The fraction of sp³-hybridized carbons (Fsp3) is 0. The molecule has 1 aliphatic rings. The number of nitrogen functional groups attached to an aromatic ring is 1. The first-order valence-corrected chi connectivity index (χ1v) is 6.41. The van der Waals surface area contributed by atoms with Gasteiger partial charge in [-0.2, -0.15) is 0 Å². The van der Waals surface area contributed by atoms with Crippen LogP contribution >= 0.6 is 15.9 Å². The highest BCUT2D eigenvalue weighted by molar-refractivity contribution is 9.10. The highest BCUT2D eigenvalue weighted by Crippen LogP contribution is 2.30. The van der Waals surface area contributed by atoms with E-state index in [4.69, 9.17) is 5.73 Å². The van der Waals surface area contributed by atoms with E-state index < -0.39 is 0 Å². The standard InChI is InChI=1S/C14H9BrN2O2/c15-8-1-6-11-12(7-8)14(19)17(13(11)18)10-4-2-9(16)3-5-10/h1-7H,16H2. The van der Waals surface area contributed by atoms with Crippen LogP contribution in [-0.4, -0.2) is 11.8 Å². The van der Waals surface area contributed by atoms with Crippen molar-refractivity contribution in [2.75, 3.05) is 10.6 Å². The molecule has 2 N–H and O–H groups in total. The Bertz CT molecular complexity index is 695. The lowest BCUT2D eigenvalue weighted by Gasteiger charge is -2.13. The summed E-state index contributed by atoms with van der Waals surface area (Å²) < 4.78 is 0.770. The molecule has 0 aliphatic carbocycles. The van der Waals surface area contributed by atoms with E-state index in [9.17, 15) is 9.59 Å². The number of amides is 2. The first kappa shape index (κ1) is 11.9. The van der Waals surface area contributed by atoms with Crippen molar-refractivity contribution in [3.05, 3.63) is 58.1 Å². The minimum Gasteiger partial charge on any atom is -0.399 e. The molecule has 2 aromatic carbocycles. The van der Waals surface area contributed by atoms with E-state index in [1.807, 2.05) is 0 Å². The van der Waals surface area contributed by atoms with Gasteiger partial charge in [0.1, 0.15) is 0 Å². The average molecular weight is 317 g/mol. The summed E-state index contributed by atoms with van der Waals surface area (Å²) in [5.74, 6) is -0.622. The lowest BCUT2D eigenvalue weighted by Crippen LogP contribution is -2.29. The van der Waals surface area contributed by atoms with Gasteiger partial charge in [-0.15, -0.1) is 0 Å². The van der Waals surface area contributed by atoms with Gasteiger partial charge in [0, 0.05) is 10.2 Å². The van der Waals surface area contributed by atoms with Crippen LogP contribution in [0.5, 0.6) is 0 Å². The molecule has 0 radical (unpaired) electrons. The quantitative estimate of drug-likeness (QED) is 0.650. The molecule has 0 atom stereocenters. The summed E-state index contributed by atoms with van der Waals surface area (Å²) in [6.45, 7) is 0. The second kappa shape index (κ2) is 4.20. The van der Waals surface area contributed by atoms with Crippen LogP contribution in [0.3, 0.4) is 0 Å². The highest BCUT2D eigenvalue weighted by atomic mass is 79.9. The van der Waals surface area contributed by atoms with Crippen LogP contribution in [0.15, 0.2) is 46.9 Å². The number of nitrogens with two attached hydrogens (primary N) is 1. The second-order valence-corrected chi connectivity index (χ2v) is 5.14. The fourth-order valence-electron chi connectivity index (χ4n) is 2.07. The lowest BCUT2D eigenvalue weighted by atomic mass is 10.1. The van der Waals surface area contributed by atoms with Gasteiger partial charge in [0.05, 0.1) is 16.8 Å². The predicted molar refractivity (Wildman–Crippen MR) is 76.1 cm³/mol. The van der Waals surface area contributed by atoms with Crippen molar-refractivity contribution in [3.63, 3.8) is 0 Å². The topological polar surface area (TPSA) is 63.4 Å². The molecule has 1 heterocycles. The van der Waals surface area contributed by atoms with E-state index in [0.29, 0.717) is 22.5 Å². The van der Waals surface area contributed by atoms with Crippen LogP contribution < -0.4 is 10.6 Å². The molecule has 0 saturated carbocycles.